The standard InChI is InChI=1S/C21H20N2O3/c1-15-5-10-19(20(24)12-15)21(25)23-13-16-6-8-18(9-7-16)26-14-17-4-2-3-11-22-17/h2-12,24H,13-14H2,1H3,(H,23,25). The van der Waals surface area contributed by atoms with Gasteiger partial charge in [0.15, 0.2) is 0 Å². The summed E-state index contributed by atoms with van der Waals surface area (Å²) in [5.41, 5.74) is 2.98. The predicted octanol–water partition coefficient (Wildman–Crippen LogP) is 3.60. The van der Waals surface area contributed by atoms with Gasteiger partial charge < -0.3 is 15.2 Å². The van der Waals surface area contributed by atoms with Gasteiger partial charge in [-0.25, -0.2) is 0 Å². The Balaban J connectivity index is 1.53. The number of phenolic OH excluding ortho intramolecular Hbond substituents is 1. The molecule has 5 heteroatoms. The largest absolute Gasteiger partial charge is 0.507 e. The van der Waals surface area contributed by atoms with Crippen LogP contribution in [0.15, 0.2) is 66.9 Å². The lowest BCUT2D eigenvalue weighted by atomic mass is 10.1. The van der Waals surface area contributed by atoms with Crippen LogP contribution >= 0.6 is 0 Å². The number of phenols is 1. The molecule has 5 nitrogen and oxygen atoms in total. The van der Waals surface area contributed by atoms with E-state index < -0.39 is 0 Å². The van der Waals surface area contributed by atoms with Gasteiger partial charge in [0.2, 0.25) is 0 Å². The second-order valence-electron chi connectivity index (χ2n) is 5.96. The summed E-state index contributed by atoms with van der Waals surface area (Å²) in [6, 6.07) is 18.2. The fourth-order valence-electron chi connectivity index (χ4n) is 2.46. The fourth-order valence-corrected chi connectivity index (χ4v) is 2.46. The summed E-state index contributed by atoms with van der Waals surface area (Å²) in [6.07, 6.45) is 1.73. The molecule has 3 rings (SSSR count). The SMILES string of the molecule is Cc1ccc(C(=O)NCc2ccc(OCc3ccccn3)cc2)c(O)c1. The third kappa shape index (κ3) is 4.60. The molecule has 2 aromatic carbocycles. The van der Waals surface area contributed by atoms with E-state index in [1.807, 2.05) is 49.4 Å². The number of hydrogen-bond donors (Lipinski definition) is 2. The first-order valence-corrected chi connectivity index (χ1v) is 8.31. The number of pyridine rings is 1. The number of benzene rings is 2. The van der Waals surface area contributed by atoms with Crippen LogP contribution in [0.5, 0.6) is 11.5 Å². The Kier molecular flexibility index (Phi) is 5.49. The van der Waals surface area contributed by atoms with Crippen molar-refractivity contribution >= 4 is 5.91 Å². The summed E-state index contributed by atoms with van der Waals surface area (Å²) in [7, 11) is 0. The van der Waals surface area contributed by atoms with Gasteiger partial charge in [-0.05, 0) is 54.4 Å². The minimum atomic E-state index is -0.307. The number of aromatic hydroxyl groups is 1. The van der Waals surface area contributed by atoms with Crippen LogP contribution in [0.25, 0.3) is 0 Å². The highest BCUT2D eigenvalue weighted by atomic mass is 16.5. The monoisotopic (exact) mass is 348 g/mol. The molecular weight excluding hydrogens is 328 g/mol. The average molecular weight is 348 g/mol. The number of carbonyl (C=O) groups is 1. The summed E-state index contributed by atoms with van der Waals surface area (Å²) in [6.45, 7) is 2.63. The number of nitrogens with one attached hydrogen (secondary N) is 1. The zero-order valence-corrected chi connectivity index (χ0v) is 14.5. The molecule has 0 saturated carbocycles. The maximum absolute atomic E-state index is 12.2. The maximum atomic E-state index is 12.2. The molecule has 0 aliphatic heterocycles. The Morgan fingerprint density at radius 2 is 1.92 bits per heavy atom. The quantitative estimate of drug-likeness (QED) is 0.714. The highest BCUT2D eigenvalue weighted by Crippen LogP contribution is 2.18. The number of carbonyl (C=O) groups excluding carboxylic acids is 1. The third-order valence-corrected chi connectivity index (χ3v) is 3.89. The number of ether oxygens (including phenoxy) is 1. The highest BCUT2D eigenvalue weighted by molar-refractivity contribution is 5.96. The normalized spacial score (nSPS) is 10.3. The van der Waals surface area contributed by atoms with Gasteiger partial charge in [0.05, 0.1) is 11.3 Å². The van der Waals surface area contributed by atoms with Gasteiger partial charge in [0.1, 0.15) is 18.1 Å². The Morgan fingerprint density at radius 1 is 1.12 bits per heavy atom. The van der Waals surface area contributed by atoms with Gasteiger partial charge in [0, 0.05) is 12.7 Å². The van der Waals surface area contributed by atoms with Crippen LogP contribution in [0.2, 0.25) is 0 Å². The van der Waals surface area contributed by atoms with E-state index in [-0.39, 0.29) is 17.2 Å². The number of nitrogens with zero attached hydrogens (tertiary/aromatic N) is 1. The number of aryl methyl sites for hydroxylation is 1. The second-order valence-corrected chi connectivity index (χ2v) is 5.96. The van der Waals surface area contributed by atoms with Gasteiger partial charge in [-0.3, -0.25) is 9.78 Å². The van der Waals surface area contributed by atoms with E-state index in [1.54, 1.807) is 24.4 Å². The Bertz CT molecular complexity index is 878. The lowest BCUT2D eigenvalue weighted by Crippen LogP contribution is -2.22. The van der Waals surface area contributed by atoms with Crippen LogP contribution in [0.3, 0.4) is 0 Å². The minimum Gasteiger partial charge on any atom is -0.507 e. The Morgan fingerprint density at radius 3 is 2.62 bits per heavy atom. The molecule has 1 heterocycles. The van der Waals surface area contributed by atoms with Crippen LogP contribution in [0, 0.1) is 6.92 Å². The van der Waals surface area contributed by atoms with Crippen molar-refractivity contribution < 1.29 is 14.6 Å². The number of hydrogen-bond acceptors (Lipinski definition) is 4. The van der Waals surface area contributed by atoms with E-state index in [1.165, 1.54) is 0 Å². The number of aromatic nitrogens is 1. The molecule has 0 aliphatic carbocycles. The van der Waals surface area contributed by atoms with Gasteiger partial charge in [-0.2, -0.15) is 0 Å². The number of rotatable bonds is 6. The third-order valence-electron chi connectivity index (χ3n) is 3.89. The van der Waals surface area contributed by atoms with Crippen LogP contribution in [0.1, 0.15) is 27.2 Å². The zero-order chi connectivity index (χ0) is 18.4. The first kappa shape index (κ1) is 17.5. The van der Waals surface area contributed by atoms with E-state index in [0.29, 0.717) is 13.2 Å². The minimum absolute atomic E-state index is 0.0132. The van der Waals surface area contributed by atoms with Crippen molar-refractivity contribution in [3.8, 4) is 11.5 Å². The summed E-state index contributed by atoms with van der Waals surface area (Å²) in [5, 5.41) is 12.7. The first-order chi connectivity index (χ1) is 12.6. The van der Waals surface area contributed by atoms with Crippen LogP contribution in [-0.4, -0.2) is 16.0 Å². The van der Waals surface area contributed by atoms with E-state index in [0.717, 1.165) is 22.6 Å². The van der Waals surface area contributed by atoms with Gasteiger partial charge >= 0.3 is 0 Å². The zero-order valence-electron chi connectivity index (χ0n) is 14.5. The molecule has 0 atom stereocenters. The van der Waals surface area contributed by atoms with Gasteiger partial charge in [-0.1, -0.05) is 24.3 Å². The molecule has 0 fully saturated rings. The molecule has 2 N–H and O–H groups in total. The van der Waals surface area contributed by atoms with Crippen molar-refractivity contribution in [1.82, 2.24) is 10.3 Å². The van der Waals surface area contributed by atoms with E-state index in [4.69, 9.17) is 4.74 Å². The molecule has 0 saturated heterocycles. The van der Waals surface area contributed by atoms with Crippen LogP contribution < -0.4 is 10.1 Å². The van der Waals surface area contributed by atoms with Crippen molar-refractivity contribution in [2.75, 3.05) is 0 Å². The molecule has 0 unspecified atom stereocenters. The molecule has 1 amide bonds. The summed E-state index contributed by atoms with van der Waals surface area (Å²) >= 11 is 0. The summed E-state index contributed by atoms with van der Waals surface area (Å²) < 4.78 is 5.69. The first-order valence-electron chi connectivity index (χ1n) is 8.31. The van der Waals surface area contributed by atoms with Crippen molar-refractivity contribution in [2.24, 2.45) is 0 Å². The lowest BCUT2D eigenvalue weighted by Gasteiger charge is -2.09. The van der Waals surface area contributed by atoms with E-state index in [2.05, 4.69) is 10.3 Å². The van der Waals surface area contributed by atoms with Crippen molar-refractivity contribution in [2.45, 2.75) is 20.1 Å². The molecule has 0 spiro atoms. The molecule has 0 bridgehead atoms. The molecular formula is C21H20N2O3. The van der Waals surface area contributed by atoms with Crippen LogP contribution in [-0.2, 0) is 13.2 Å². The molecule has 3 aromatic rings. The van der Waals surface area contributed by atoms with Gasteiger partial charge in [-0.15, -0.1) is 0 Å². The topological polar surface area (TPSA) is 71.5 Å². The summed E-state index contributed by atoms with van der Waals surface area (Å²) in [4.78, 5) is 16.4. The van der Waals surface area contributed by atoms with Crippen molar-refractivity contribution in [1.29, 1.82) is 0 Å². The fraction of sp³-hybridized carbons (Fsp3) is 0.143. The second kappa shape index (κ2) is 8.16. The smallest absolute Gasteiger partial charge is 0.255 e. The van der Waals surface area contributed by atoms with Gasteiger partial charge in [0.25, 0.3) is 5.91 Å². The molecule has 1 aromatic heterocycles. The molecule has 26 heavy (non-hydrogen) atoms. The molecule has 132 valence electrons. The number of amides is 1. The maximum Gasteiger partial charge on any atom is 0.255 e. The van der Waals surface area contributed by atoms with Crippen molar-refractivity contribution in [3.05, 3.63) is 89.2 Å². The lowest BCUT2D eigenvalue weighted by molar-refractivity contribution is 0.0948. The Hall–Kier alpha value is -3.34. The molecule has 0 aliphatic rings. The van der Waals surface area contributed by atoms with E-state index >= 15 is 0 Å². The average Bonchev–Trinajstić information content (AvgIpc) is 2.66. The van der Waals surface area contributed by atoms with Crippen molar-refractivity contribution in [3.63, 3.8) is 0 Å². The Labute approximate surface area is 152 Å². The van der Waals surface area contributed by atoms with E-state index in [9.17, 15) is 9.90 Å². The molecule has 0 radical (unpaired) electrons. The predicted molar refractivity (Wildman–Crippen MR) is 99.0 cm³/mol. The van der Waals surface area contributed by atoms with Crippen LogP contribution in [0.4, 0.5) is 0 Å². The summed E-state index contributed by atoms with van der Waals surface area (Å²) in [5.74, 6) is 0.417. The highest BCUT2D eigenvalue weighted by Gasteiger charge is 2.10.